The molecule has 0 atom stereocenters. The summed E-state index contributed by atoms with van der Waals surface area (Å²) >= 11 is 0. The molecule has 0 aromatic heterocycles. The quantitative estimate of drug-likeness (QED) is 0.206. The standard InChI is InChI=1S/C45H88OSi7/c1-43(2,3)33-30-36(44(4,5)6)39(37(31-33)45(7,8)9)47(46)38-34(41(50(16,17)18)51(19,20)21)28-32(40(48(10,11)12)49(13,14)15)29-35(38)42(52(22,23)24)53(25,26)27/h28-31,40-42H,1-27H3. The zero-order valence-electron chi connectivity index (χ0n) is 40.4. The Hall–Kier alpha value is -0.242. The van der Waals surface area contributed by atoms with Gasteiger partial charge >= 0.3 is 8.68 Å². The van der Waals surface area contributed by atoms with Gasteiger partial charge in [-0.1, -0.05) is 204 Å². The third-order valence-electron chi connectivity index (χ3n) is 11.4. The van der Waals surface area contributed by atoms with E-state index < -0.39 is 57.1 Å². The largest absolute Gasteiger partial charge is 0.376 e. The first-order valence-corrected chi connectivity index (χ1v) is 43.7. The van der Waals surface area contributed by atoms with Gasteiger partial charge in [0.25, 0.3) is 0 Å². The molecule has 0 aliphatic rings. The molecule has 0 bridgehead atoms. The first-order valence-electron chi connectivity index (χ1n) is 20.9. The Morgan fingerprint density at radius 3 is 0.868 bits per heavy atom. The van der Waals surface area contributed by atoms with E-state index in [1.165, 1.54) is 38.2 Å². The van der Waals surface area contributed by atoms with Crippen molar-refractivity contribution in [3.05, 3.63) is 57.6 Å². The topological polar surface area (TPSA) is 17.1 Å². The van der Waals surface area contributed by atoms with Crippen LogP contribution in [0.25, 0.3) is 0 Å². The fourth-order valence-electron chi connectivity index (χ4n) is 11.0. The zero-order chi connectivity index (χ0) is 42.3. The van der Waals surface area contributed by atoms with Crippen LogP contribution in [0, 0.1) is 0 Å². The maximum Gasteiger partial charge on any atom is 0.347 e. The minimum atomic E-state index is -2.47. The highest BCUT2D eigenvalue weighted by Gasteiger charge is 2.48. The van der Waals surface area contributed by atoms with E-state index in [9.17, 15) is 0 Å². The third kappa shape index (κ3) is 11.5. The van der Waals surface area contributed by atoms with Gasteiger partial charge in [0.05, 0.1) is 0 Å². The summed E-state index contributed by atoms with van der Waals surface area (Å²) < 4.78 is 16.8. The molecule has 8 heteroatoms. The van der Waals surface area contributed by atoms with Crippen molar-refractivity contribution in [1.82, 2.24) is 0 Å². The lowest BCUT2D eigenvalue weighted by atomic mass is 9.75. The van der Waals surface area contributed by atoms with Crippen LogP contribution in [0.4, 0.5) is 0 Å². The summed E-state index contributed by atoms with van der Waals surface area (Å²) in [6.45, 7) is 68.3. The molecule has 302 valence electrons. The third-order valence-corrected chi connectivity index (χ3v) is 41.4. The highest BCUT2D eigenvalue weighted by Crippen LogP contribution is 2.44. The second kappa shape index (κ2) is 15.2. The fourth-order valence-corrected chi connectivity index (χ4v) is 52.3. The number of hydrogen-bond acceptors (Lipinski definition) is 1. The molecule has 0 saturated carbocycles. The molecule has 0 aliphatic carbocycles. The van der Waals surface area contributed by atoms with Crippen molar-refractivity contribution in [2.75, 3.05) is 0 Å². The van der Waals surface area contributed by atoms with Crippen molar-refractivity contribution in [3.8, 4) is 0 Å². The lowest BCUT2D eigenvalue weighted by Gasteiger charge is -2.45. The van der Waals surface area contributed by atoms with Gasteiger partial charge < -0.3 is 4.46 Å². The average Bonchev–Trinajstić information content (AvgIpc) is 2.80. The lowest BCUT2D eigenvalue weighted by Crippen LogP contribution is -2.56. The Morgan fingerprint density at radius 1 is 0.396 bits per heavy atom. The van der Waals surface area contributed by atoms with Crippen molar-refractivity contribution in [1.29, 1.82) is 0 Å². The minimum Gasteiger partial charge on any atom is -0.376 e. The predicted molar refractivity (Wildman–Crippen MR) is 263 cm³/mol. The molecule has 2 rings (SSSR count). The van der Waals surface area contributed by atoms with Gasteiger partial charge in [0.2, 0.25) is 0 Å². The summed E-state index contributed by atoms with van der Waals surface area (Å²) in [5.74, 6) is 0. The van der Waals surface area contributed by atoms with Gasteiger partial charge in [-0.15, -0.1) is 0 Å². The maximum absolute atomic E-state index is 16.8. The van der Waals surface area contributed by atoms with Crippen molar-refractivity contribution in [2.45, 2.75) is 212 Å². The van der Waals surface area contributed by atoms with Crippen LogP contribution in [0.5, 0.6) is 0 Å². The van der Waals surface area contributed by atoms with Crippen LogP contribution in [0.2, 0.25) is 118 Å². The molecule has 2 aromatic carbocycles. The van der Waals surface area contributed by atoms with Crippen LogP contribution in [-0.4, -0.2) is 57.1 Å². The maximum atomic E-state index is 16.8. The van der Waals surface area contributed by atoms with Crippen LogP contribution in [0.15, 0.2) is 24.3 Å². The monoisotopic (exact) mass is 841 g/mol. The molecule has 0 unspecified atom stereocenters. The molecule has 53 heavy (non-hydrogen) atoms. The van der Waals surface area contributed by atoms with E-state index in [-0.39, 0.29) is 16.2 Å². The van der Waals surface area contributed by atoms with Crippen LogP contribution in [0.3, 0.4) is 0 Å². The Morgan fingerprint density at radius 2 is 0.660 bits per heavy atom. The highest BCUT2D eigenvalue weighted by atomic mass is 28.4. The summed E-state index contributed by atoms with van der Waals surface area (Å²) in [4.78, 5) is 0. The highest BCUT2D eigenvalue weighted by molar-refractivity contribution is 6.98. The Balaban J connectivity index is 3.69. The summed E-state index contributed by atoms with van der Waals surface area (Å²) in [6.07, 6.45) is 0. The molecule has 1 nitrogen and oxygen atoms in total. The molecule has 0 N–H and O–H groups in total. The molecular weight excluding hydrogens is 753 g/mol. The second-order valence-corrected chi connectivity index (χ2v) is 61.8. The fraction of sp³-hybridized carbons (Fsp3) is 0.733. The van der Waals surface area contributed by atoms with Crippen molar-refractivity contribution in [2.24, 2.45) is 0 Å². The normalized spacial score (nSPS) is 14.9. The van der Waals surface area contributed by atoms with Crippen molar-refractivity contribution < 1.29 is 4.46 Å². The first kappa shape index (κ1) is 48.9. The van der Waals surface area contributed by atoms with Gasteiger partial charge in [0, 0.05) is 58.8 Å². The molecule has 0 spiro atoms. The second-order valence-electron chi connectivity index (χ2n) is 26.6. The Labute approximate surface area is 339 Å². The van der Waals surface area contributed by atoms with E-state index in [0.29, 0.717) is 15.5 Å². The minimum absolute atomic E-state index is 0.00345. The van der Waals surface area contributed by atoms with Gasteiger partial charge in [-0.05, 0) is 65.1 Å². The van der Waals surface area contributed by atoms with E-state index in [1.54, 1.807) is 5.56 Å². The van der Waals surface area contributed by atoms with Crippen LogP contribution < -0.4 is 10.4 Å². The van der Waals surface area contributed by atoms with E-state index in [0.717, 1.165) is 0 Å². The molecular formula is C45H88OSi7. The SMILES string of the molecule is CC(C)(C)c1cc(C(C)(C)C)c([Si](=O)c2c(C([Si](C)(C)C)[Si](C)(C)C)cc(C([Si](C)(C)C)[Si](C)(C)C)cc2C([Si](C)(C)C)[Si](C)(C)C)c(C(C)(C)C)c1. The van der Waals surface area contributed by atoms with Crippen molar-refractivity contribution >= 4 is 67.5 Å². The van der Waals surface area contributed by atoms with E-state index in [4.69, 9.17) is 0 Å². The van der Waals surface area contributed by atoms with Crippen LogP contribution in [0.1, 0.15) is 111 Å². The lowest BCUT2D eigenvalue weighted by molar-refractivity contribution is 0.546. The summed E-state index contributed by atoms with van der Waals surface area (Å²) in [7, 11) is -12.9. The summed E-state index contributed by atoms with van der Waals surface area (Å²) in [5, 5.41) is 4.15. The van der Waals surface area contributed by atoms with Crippen LogP contribution in [-0.2, 0) is 20.7 Å². The summed E-state index contributed by atoms with van der Waals surface area (Å²) in [5.41, 5.74) is 8.34. The smallest absolute Gasteiger partial charge is 0.347 e. The first-order chi connectivity index (χ1) is 22.9. The molecule has 0 aliphatic heterocycles. The van der Waals surface area contributed by atoms with Gasteiger partial charge in [-0.3, -0.25) is 0 Å². The van der Waals surface area contributed by atoms with E-state index in [1.807, 2.05) is 0 Å². The Kier molecular flexibility index (Phi) is 14.0. The van der Waals surface area contributed by atoms with E-state index in [2.05, 4.69) is 204 Å². The molecule has 0 amide bonds. The molecule has 0 radical (unpaired) electrons. The number of hydrogen-bond donors (Lipinski definition) is 0. The average molecular weight is 842 g/mol. The van der Waals surface area contributed by atoms with Gasteiger partial charge in [-0.2, -0.15) is 0 Å². The van der Waals surface area contributed by atoms with Gasteiger partial charge in [-0.25, -0.2) is 0 Å². The van der Waals surface area contributed by atoms with Crippen LogP contribution >= 0.6 is 0 Å². The van der Waals surface area contributed by atoms with Gasteiger partial charge in [0.15, 0.2) is 0 Å². The summed E-state index contributed by atoms with van der Waals surface area (Å²) in [6, 6.07) is 10.4. The predicted octanol–water partition coefficient (Wildman–Crippen LogP) is 13.6. The molecule has 0 saturated heterocycles. The van der Waals surface area contributed by atoms with E-state index >= 15 is 4.46 Å². The van der Waals surface area contributed by atoms with Crippen molar-refractivity contribution in [3.63, 3.8) is 0 Å². The molecule has 0 fully saturated rings. The number of rotatable bonds is 11. The molecule has 2 aromatic rings. The molecule has 0 heterocycles. The Bertz CT molecular complexity index is 1510. The number of benzene rings is 2. The zero-order valence-corrected chi connectivity index (χ0v) is 47.4. The van der Waals surface area contributed by atoms with Gasteiger partial charge in [0.1, 0.15) is 0 Å².